The van der Waals surface area contributed by atoms with Crippen molar-refractivity contribution >= 4 is 11.5 Å². The van der Waals surface area contributed by atoms with E-state index >= 15 is 0 Å². The highest BCUT2D eigenvalue weighted by Crippen LogP contribution is 2.66. The smallest absolute Gasteiger partial charge is 0.227 e. The molecule has 4 heteroatoms. The first kappa shape index (κ1) is 18.0. The minimum Gasteiger partial charge on any atom is -0.495 e. The number of fused-ring (bicyclic) bond motifs is 5. The number of amides is 1. The molecule has 0 spiro atoms. The summed E-state index contributed by atoms with van der Waals surface area (Å²) >= 11 is 0. The number of rotatable bonds is 2. The highest BCUT2D eigenvalue weighted by molar-refractivity contribution is 5.83. The minimum atomic E-state index is 0.0242. The Morgan fingerprint density at radius 2 is 1.96 bits per heavy atom. The van der Waals surface area contributed by atoms with Gasteiger partial charge >= 0.3 is 0 Å². The number of hydrogen-bond acceptors (Lipinski definition) is 3. The molecule has 5 rings (SSSR count). The van der Waals surface area contributed by atoms with Crippen LogP contribution in [0.25, 0.3) is 5.57 Å². The van der Waals surface area contributed by atoms with Gasteiger partial charge in [0.1, 0.15) is 5.75 Å². The highest BCUT2D eigenvalue weighted by Gasteiger charge is 2.59. The van der Waals surface area contributed by atoms with Gasteiger partial charge in [0.15, 0.2) is 0 Å². The summed E-state index contributed by atoms with van der Waals surface area (Å²) in [4.78, 5) is 18.8. The Hall–Kier alpha value is -2.10. The van der Waals surface area contributed by atoms with E-state index in [0.717, 1.165) is 18.6 Å². The van der Waals surface area contributed by atoms with E-state index in [1.165, 1.54) is 29.7 Å². The summed E-state index contributed by atoms with van der Waals surface area (Å²) in [5.74, 6) is 3.01. The number of pyridine rings is 1. The second-order valence-electron chi connectivity index (χ2n) is 9.67. The summed E-state index contributed by atoms with van der Waals surface area (Å²) < 4.78 is 5.42. The Bertz CT molecular complexity index is 904. The molecule has 0 aromatic carbocycles. The van der Waals surface area contributed by atoms with Gasteiger partial charge in [0, 0.05) is 30.8 Å². The Balaban J connectivity index is 1.49. The van der Waals surface area contributed by atoms with Crippen molar-refractivity contribution < 1.29 is 9.53 Å². The zero-order chi connectivity index (χ0) is 19.7. The van der Waals surface area contributed by atoms with Crippen LogP contribution in [0.3, 0.4) is 0 Å². The van der Waals surface area contributed by atoms with E-state index in [4.69, 9.17) is 4.74 Å². The third kappa shape index (κ3) is 2.23. The number of allylic oxidation sites excluding steroid dienone is 4. The highest BCUT2D eigenvalue weighted by atomic mass is 16.5. The fourth-order valence-electron chi connectivity index (χ4n) is 7.08. The molecule has 1 aliphatic heterocycles. The molecule has 2 heterocycles. The number of carbonyl (C=O) groups excluding carboxylic acids is 1. The van der Waals surface area contributed by atoms with Crippen LogP contribution in [0.15, 0.2) is 36.3 Å². The van der Waals surface area contributed by atoms with Crippen molar-refractivity contribution in [2.75, 3.05) is 14.2 Å². The number of carbonyl (C=O) groups is 1. The van der Waals surface area contributed by atoms with Gasteiger partial charge in [-0.2, -0.15) is 0 Å². The third-order valence-corrected chi connectivity index (χ3v) is 8.52. The Labute approximate surface area is 167 Å². The van der Waals surface area contributed by atoms with E-state index in [0.29, 0.717) is 24.2 Å². The molecule has 4 nitrogen and oxygen atoms in total. The molecule has 3 aliphatic carbocycles. The lowest BCUT2D eigenvalue weighted by Crippen LogP contribution is -2.47. The van der Waals surface area contributed by atoms with Crippen LogP contribution in [-0.4, -0.2) is 29.9 Å². The van der Waals surface area contributed by atoms with Gasteiger partial charge in [-0.15, -0.1) is 0 Å². The van der Waals surface area contributed by atoms with Crippen molar-refractivity contribution in [1.82, 2.24) is 9.88 Å². The number of likely N-dealkylation sites (tertiary alicyclic amines) is 1. The zero-order valence-electron chi connectivity index (χ0n) is 17.4. The standard InChI is InChI=1S/C24H30N2O2/c1-23-10-9-20-17(5-8-21-24(20,2)12-22(27)26(21)3)19(23)7-6-18(23)15-11-16(28-4)14-25-13-15/h6,8,11,13-14,17,19-20H,5,7,9-10,12H2,1-4H3/t17-,19-,20-,23+,24+/m0/s1. The third-order valence-electron chi connectivity index (χ3n) is 8.52. The second-order valence-corrected chi connectivity index (χ2v) is 9.67. The number of nitrogens with zero attached hydrogens (tertiary/aromatic N) is 2. The van der Waals surface area contributed by atoms with Crippen LogP contribution in [0.5, 0.6) is 5.75 Å². The summed E-state index contributed by atoms with van der Waals surface area (Å²) in [6.07, 6.45) is 13.9. The molecule has 1 amide bonds. The first-order chi connectivity index (χ1) is 13.4. The van der Waals surface area contributed by atoms with Gasteiger partial charge in [0.2, 0.25) is 5.91 Å². The maximum absolute atomic E-state index is 12.5. The minimum absolute atomic E-state index is 0.0242. The van der Waals surface area contributed by atoms with Gasteiger partial charge in [-0.1, -0.05) is 26.0 Å². The van der Waals surface area contributed by atoms with E-state index in [1.54, 1.807) is 13.3 Å². The molecule has 1 saturated carbocycles. The largest absolute Gasteiger partial charge is 0.495 e. The lowest BCUT2D eigenvalue weighted by atomic mass is 9.50. The van der Waals surface area contributed by atoms with Crippen LogP contribution < -0.4 is 4.74 Å². The van der Waals surface area contributed by atoms with E-state index in [9.17, 15) is 4.79 Å². The van der Waals surface area contributed by atoms with Gasteiger partial charge in [-0.3, -0.25) is 9.78 Å². The van der Waals surface area contributed by atoms with Crippen LogP contribution in [0.4, 0.5) is 0 Å². The number of aromatic nitrogens is 1. The maximum atomic E-state index is 12.5. The summed E-state index contributed by atoms with van der Waals surface area (Å²) in [5, 5.41) is 0. The van der Waals surface area contributed by atoms with Crippen molar-refractivity contribution in [2.45, 2.75) is 46.0 Å². The molecule has 0 unspecified atom stereocenters. The lowest BCUT2D eigenvalue weighted by molar-refractivity contribution is -0.126. The van der Waals surface area contributed by atoms with Crippen molar-refractivity contribution in [3.63, 3.8) is 0 Å². The predicted octanol–water partition coefficient (Wildman–Crippen LogP) is 4.68. The molecule has 2 fully saturated rings. The van der Waals surface area contributed by atoms with E-state index < -0.39 is 0 Å². The molecule has 1 aromatic rings. The average Bonchev–Trinajstić information content (AvgIpc) is 3.15. The molecule has 4 aliphatic rings. The lowest BCUT2D eigenvalue weighted by Gasteiger charge is -2.54. The second kappa shape index (κ2) is 5.95. The average molecular weight is 379 g/mol. The van der Waals surface area contributed by atoms with E-state index in [2.05, 4.69) is 37.0 Å². The Morgan fingerprint density at radius 1 is 1.14 bits per heavy atom. The van der Waals surface area contributed by atoms with Crippen molar-refractivity contribution in [1.29, 1.82) is 0 Å². The quantitative estimate of drug-likeness (QED) is 0.750. The molecule has 5 atom stereocenters. The summed E-state index contributed by atoms with van der Waals surface area (Å²) in [7, 11) is 3.66. The van der Waals surface area contributed by atoms with Gasteiger partial charge < -0.3 is 9.64 Å². The summed E-state index contributed by atoms with van der Waals surface area (Å²) in [6.45, 7) is 4.80. The van der Waals surface area contributed by atoms with Gasteiger partial charge in [-0.25, -0.2) is 0 Å². The van der Waals surface area contributed by atoms with E-state index in [-0.39, 0.29) is 16.7 Å². The fraction of sp³-hybridized carbons (Fsp3) is 0.583. The zero-order valence-corrected chi connectivity index (χ0v) is 17.4. The predicted molar refractivity (Wildman–Crippen MR) is 109 cm³/mol. The first-order valence-corrected chi connectivity index (χ1v) is 10.6. The van der Waals surface area contributed by atoms with Crippen LogP contribution in [0, 0.1) is 28.6 Å². The Kier molecular flexibility index (Phi) is 3.82. The normalized spacial score (nSPS) is 39.1. The topological polar surface area (TPSA) is 42.4 Å². The van der Waals surface area contributed by atoms with Crippen molar-refractivity contribution in [2.24, 2.45) is 28.6 Å². The summed E-state index contributed by atoms with van der Waals surface area (Å²) in [6, 6.07) is 2.13. The first-order valence-electron chi connectivity index (χ1n) is 10.6. The maximum Gasteiger partial charge on any atom is 0.227 e. The summed E-state index contributed by atoms with van der Waals surface area (Å²) in [5.41, 5.74) is 4.14. The molecule has 1 aromatic heterocycles. The number of methoxy groups -OCH3 is 1. The monoisotopic (exact) mass is 378 g/mol. The molecule has 1 saturated heterocycles. The Morgan fingerprint density at radius 3 is 2.75 bits per heavy atom. The van der Waals surface area contributed by atoms with Crippen molar-refractivity contribution in [3.05, 3.63) is 41.9 Å². The fourth-order valence-corrected chi connectivity index (χ4v) is 7.08. The SMILES string of the molecule is COc1cncc(C2=CC[C@H]3[C@@H]4CC=C5N(C)C(=O)C[C@]5(C)[C@H]4CC[C@]23C)c1. The molecule has 0 radical (unpaired) electrons. The molecular weight excluding hydrogens is 348 g/mol. The molecular formula is C24H30N2O2. The van der Waals surface area contributed by atoms with E-state index in [1.807, 2.05) is 18.1 Å². The van der Waals surface area contributed by atoms with Gasteiger partial charge in [0.05, 0.1) is 13.3 Å². The number of hydrogen-bond donors (Lipinski definition) is 0. The van der Waals surface area contributed by atoms with Crippen LogP contribution in [0.1, 0.15) is 51.5 Å². The molecule has 0 bridgehead atoms. The molecule has 28 heavy (non-hydrogen) atoms. The molecule has 148 valence electrons. The van der Waals surface area contributed by atoms with Gasteiger partial charge in [0.25, 0.3) is 0 Å². The van der Waals surface area contributed by atoms with Crippen LogP contribution >= 0.6 is 0 Å². The molecule has 0 N–H and O–H groups in total. The van der Waals surface area contributed by atoms with Crippen LogP contribution in [0.2, 0.25) is 0 Å². The van der Waals surface area contributed by atoms with Crippen LogP contribution in [-0.2, 0) is 4.79 Å². The van der Waals surface area contributed by atoms with Gasteiger partial charge in [-0.05, 0) is 66.1 Å². The number of ether oxygens (including phenoxy) is 1. The van der Waals surface area contributed by atoms with Crippen molar-refractivity contribution in [3.8, 4) is 5.75 Å².